The van der Waals surface area contributed by atoms with Gasteiger partial charge in [-0.25, -0.2) is 0 Å². The van der Waals surface area contributed by atoms with Crippen molar-refractivity contribution in [3.05, 3.63) is 0 Å². The largest absolute Gasteiger partial charge is 0.481 e. The number of carbonyl (C=O) groups is 1. The number of piperidine rings is 1. The van der Waals surface area contributed by atoms with E-state index in [9.17, 15) is 4.79 Å². The molecule has 3 heteroatoms. The maximum Gasteiger partial charge on any atom is 0.306 e. The van der Waals surface area contributed by atoms with Crippen LogP contribution in [-0.2, 0) is 4.79 Å². The van der Waals surface area contributed by atoms with Crippen LogP contribution in [0.3, 0.4) is 0 Å². The van der Waals surface area contributed by atoms with Crippen molar-refractivity contribution >= 4 is 5.97 Å². The summed E-state index contributed by atoms with van der Waals surface area (Å²) in [4.78, 5) is 13.5. The third-order valence-corrected chi connectivity index (χ3v) is 4.55. The van der Waals surface area contributed by atoms with Crippen LogP contribution in [0.4, 0.5) is 0 Å². The van der Waals surface area contributed by atoms with E-state index in [0.717, 1.165) is 31.2 Å². The van der Waals surface area contributed by atoms with Crippen LogP contribution in [0.5, 0.6) is 0 Å². The minimum atomic E-state index is -0.576. The molecular weight excluding hydrogens is 178 g/mol. The molecule has 78 valence electrons. The van der Waals surface area contributed by atoms with E-state index in [2.05, 4.69) is 4.90 Å². The molecular formula is C11H17NO2. The molecule has 3 fully saturated rings. The first-order valence-corrected chi connectivity index (χ1v) is 5.72. The molecule has 0 aromatic rings. The molecule has 0 aromatic carbocycles. The van der Waals surface area contributed by atoms with Gasteiger partial charge in [-0.1, -0.05) is 0 Å². The lowest BCUT2D eigenvalue weighted by Gasteiger charge is -2.38. The van der Waals surface area contributed by atoms with Gasteiger partial charge < -0.3 is 5.11 Å². The number of nitrogens with zero attached hydrogens (tertiary/aromatic N) is 1. The Balaban J connectivity index is 1.73. The molecule has 3 nitrogen and oxygen atoms in total. The Bertz CT molecular complexity index is 266. The minimum Gasteiger partial charge on any atom is -0.481 e. The fourth-order valence-electron chi connectivity index (χ4n) is 3.57. The van der Waals surface area contributed by atoms with Crippen LogP contribution in [-0.4, -0.2) is 35.1 Å². The maximum atomic E-state index is 10.9. The fourth-order valence-corrected chi connectivity index (χ4v) is 3.57. The van der Waals surface area contributed by atoms with Gasteiger partial charge in [0, 0.05) is 12.6 Å². The van der Waals surface area contributed by atoms with Crippen molar-refractivity contribution in [3.63, 3.8) is 0 Å². The second-order valence-electron chi connectivity index (χ2n) is 5.12. The fraction of sp³-hybridized carbons (Fsp3) is 0.909. The monoisotopic (exact) mass is 195 g/mol. The van der Waals surface area contributed by atoms with Gasteiger partial charge in [-0.05, 0) is 44.1 Å². The summed E-state index contributed by atoms with van der Waals surface area (Å²) in [6.45, 7) is 2.27. The minimum absolute atomic E-state index is 0.0596. The SMILES string of the molecule is O=C(O)C1CCN2C[C@H]3CC[C@H]3C2C1. The van der Waals surface area contributed by atoms with Gasteiger partial charge in [-0.3, -0.25) is 9.69 Å². The molecule has 0 bridgehead atoms. The standard InChI is InChI=1S/C11H17NO2/c13-11(14)7-3-4-12-6-8-1-2-9(8)10(12)5-7/h7-10H,1-6H2,(H,13,14)/t7?,8-,9-,10?/m1/s1. The first kappa shape index (κ1) is 8.72. The zero-order chi connectivity index (χ0) is 9.71. The Labute approximate surface area is 84.1 Å². The molecule has 2 heterocycles. The summed E-state index contributed by atoms with van der Waals surface area (Å²) in [5.41, 5.74) is 0. The van der Waals surface area contributed by atoms with Gasteiger partial charge in [0.05, 0.1) is 5.92 Å². The molecule has 2 aliphatic heterocycles. The van der Waals surface area contributed by atoms with Crippen molar-refractivity contribution in [1.29, 1.82) is 0 Å². The number of carboxylic acid groups (broad SMARTS) is 1. The number of carboxylic acids is 1. The normalized spacial score (nSPS) is 46.6. The highest BCUT2D eigenvalue weighted by molar-refractivity contribution is 5.70. The summed E-state index contributed by atoms with van der Waals surface area (Å²) < 4.78 is 0. The molecule has 2 saturated heterocycles. The summed E-state index contributed by atoms with van der Waals surface area (Å²) in [6, 6.07) is 0.614. The van der Waals surface area contributed by atoms with E-state index in [4.69, 9.17) is 5.11 Å². The predicted octanol–water partition coefficient (Wildman–Crippen LogP) is 1.19. The third-order valence-electron chi connectivity index (χ3n) is 4.55. The third kappa shape index (κ3) is 1.11. The number of hydrogen-bond acceptors (Lipinski definition) is 2. The zero-order valence-corrected chi connectivity index (χ0v) is 8.35. The summed E-state index contributed by atoms with van der Waals surface area (Å²) in [5, 5.41) is 9.01. The van der Waals surface area contributed by atoms with E-state index >= 15 is 0 Å². The van der Waals surface area contributed by atoms with Crippen molar-refractivity contribution in [3.8, 4) is 0 Å². The molecule has 2 unspecified atom stereocenters. The number of fused-ring (bicyclic) bond motifs is 3. The Morgan fingerprint density at radius 3 is 2.79 bits per heavy atom. The highest BCUT2D eigenvalue weighted by Gasteiger charge is 2.49. The van der Waals surface area contributed by atoms with Crippen molar-refractivity contribution in [2.24, 2.45) is 17.8 Å². The topological polar surface area (TPSA) is 40.5 Å². The Morgan fingerprint density at radius 1 is 1.29 bits per heavy atom. The van der Waals surface area contributed by atoms with Gasteiger partial charge in [-0.15, -0.1) is 0 Å². The lowest BCUT2D eigenvalue weighted by molar-refractivity contribution is -0.144. The first-order chi connectivity index (χ1) is 6.75. The van der Waals surface area contributed by atoms with Crippen LogP contribution < -0.4 is 0 Å². The second kappa shape index (κ2) is 2.96. The molecule has 0 radical (unpaired) electrons. The molecule has 14 heavy (non-hydrogen) atoms. The molecule has 4 atom stereocenters. The molecule has 0 spiro atoms. The van der Waals surface area contributed by atoms with Crippen LogP contribution >= 0.6 is 0 Å². The smallest absolute Gasteiger partial charge is 0.306 e. The van der Waals surface area contributed by atoms with E-state index in [1.165, 1.54) is 19.4 Å². The molecule has 1 N–H and O–H groups in total. The van der Waals surface area contributed by atoms with Crippen LogP contribution in [0.2, 0.25) is 0 Å². The van der Waals surface area contributed by atoms with Crippen LogP contribution in [0.1, 0.15) is 25.7 Å². The predicted molar refractivity (Wildman–Crippen MR) is 51.9 cm³/mol. The van der Waals surface area contributed by atoms with Gasteiger partial charge >= 0.3 is 5.97 Å². The summed E-state index contributed by atoms with van der Waals surface area (Å²) in [7, 11) is 0. The van der Waals surface area contributed by atoms with Gasteiger partial charge in [-0.2, -0.15) is 0 Å². The average Bonchev–Trinajstić information content (AvgIpc) is 2.36. The molecule has 3 aliphatic rings. The Kier molecular flexibility index (Phi) is 1.84. The van der Waals surface area contributed by atoms with Gasteiger partial charge in [0.2, 0.25) is 0 Å². The van der Waals surface area contributed by atoms with Gasteiger partial charge in [0.25, 0.3) is 0 Å². The Hall–Kier alpha value is -0.570. The lowest BCUT2D eigenvalue weighted by Crippen LogP contribution is -2.43. The van der Waals surface area contributed by atoms with Crippen molar-refractivity contribution < 1.29 is 9.90 Å². The van der Waals surface area contributed by atoms with Crippen molar-refractivity contribution in [2.45, 2.75) is 31.7 Å². The van der Waals surface area contributed by atoms with E-state index in [1.807, 2.05) is 0 Å². The van der Waals surface area contributed by atoms with Gasteiger partial charge in [0.15, 0.2) is 0 Å². The lowest BCUT2D eigenvalue weighted by atomic mass is 9.71. The molecule has 0 aromatic heterocycles. The molecule has 3 rings (SSSR count). The quantitative estimate of drug-likeness (QED) is 0.683. The summed E-state index contributed by atoms with van der Waals surface area (Å²) in [5.74, 6) is 1.12. The maximum absolute atomic E-state index is 10.9. The van der Waals surface area contributed by atoms with E-state index in [1.54, 1.807) is 0 Å². The van der Waals surface area contributed by atoms with Crippen molar-refractivity contribution in [2.75, 3.05) is 13.1 Å². The second-order valence-corrected chi connectivity index (χ2v) is 5.12. The van der Waals surface area contributed by atoms with E-state index in [-0.39, 0.29) is 5.92 Å². The highest BCUT2D eigenvalue weighted by atomic mass is 16.4. The molecule has 1 aliphatic carbocycles. The van der Waals surface area contributed by atoms with E-state index < -0.39 is 5.97 Å². The Morgan fingerprint density at radius 2 is 2.14 bits per heavy atom. The highest BCUT2D eigenvalue weighted by Crippen LogP contribution is 2.48. The van der Waals surface area contributed by atoms with Crippen molar-refractivity contribution in [1.82, 2.24) is 4.90 Å². The molecule has 0 amide bonds. The summed E-state index contributed by atoms with van der Waals surface area (Å²) in [6.07, 6.45) is 4.51. The number of aliphatic carboxylic acids is 1. The van der Waals surface area contributed by atoms with Crippen LogP contribution in [0.15, 0.2) is 0 Å². The van der Waals surface area contributed by atoms with Crippen LogP contribution in [0.25, 0.3) is 0 Å². The number of hydrogen-bond donors (Lipinski definition) is 1. The first-order valence-electron chi connectivity index (χ1n) is 5.72. The number of rotatable bonds is 1. The average molecular weight is 195 g/mol. The summed E-state index contributed by atoms with van der Waals surface area (Å²) >= 11 is 0. The zero-order valence-electron chi connectivity index (χ0n) is 8.35. The van der Waals surface area contributed by atoms with Crippen LogP contribution in [0, 0.1) is 17.8 Å². The molecule has 1 saturated carbocycles. The van der Waals surface area contributed by atoms with E-state index in [0.29, 0.717) is 6.04 Å². The van der Waals surface area contributed by atoms with Gasteiger partial charge in [0.1, 0.15) is 0 Å².